The van der Waals surface area contributed by atoms with Gasteiger partial charge in [0.2, 0.25) is 0 Å². The topological polar surface area (TPSA) is 58.6 Å². The Morgan fingerprint density at radius 3 is 2.00 bits per heavy atom. The molecular formula is C27H25F5N2O3S. The number of anilines is 1. The molecule has 0 saturated carbocycles. The molecule has 3 aromatic carbocycles. The minimum absolute atomic E-state index is 0.0951. The number of fused-ring (bicyclic) bond motifs is 2. The van der Waals surface area contributed by atoms with Crippen LogP contribution in [0.15, 0.2) is 60.7 Å². The van der Waals surface area contributed by atoms with Gasteiger partial charge in [-0.3, -0.25) is 4.72 Å². The van der Waals surface area contributed by atoms with E-state index in [1.54, 1.807) is 12.1 Å². The summed E-state index contributed by atoms with van der Waals surface area (Å²) in [6.45, 7) is 0.434. The summed E-state index contributed by atoms with van der Waals surface area (Å²) in [5.41, 5.74) is 3.57. The molecular weight excluding hydrogens is 527 g/mol. The molecule has 5 rings (SSSR count). The number of rotatable bonds is 5. The van der Waals surface area contributed by atoms with Gasteiger partial charge in [-0.25, -0.2) is 8.78 Å². The molecule has 1 saturated heterocycles. The number of alkyl halides is 3. The smallest absolute Gasteiger partial charge is 0.406 e. The van der Waals surface area contributed by atoms with Gasteiger partial charge in [0.15, 0.2) is 0 Å². The molecule has 202 valence electrons. The lowest BCUT2D eigenvalue weighted by atomic mass is 9.75. The van der Waals surface area contributed by atoms with Crippen LogP contribution in [0.3, 0.4) is 0 Å². The van der Waals surface area contributed by atoms with Crippen molar-refractivity contribution in [2.45, 2.75) is 38.0 Å². The van der Waals surface area contributed by atoms with Gasteiger partial charge in [0.1, 0.15) is 17.4 Å². The number of hydrogen-bond donors (Lipinski definition) is 1. The van der Waals surface area contributed by atoms with Crippen LogP contribution in [-0.4, -0.2) is 32.2 Å². The van der Waals surface area contributed by atoms with Crippen molar-refractivity contribution in [2.75, 3.05) is 17.8 Å². The van der Waals surface area contributed by atoms with E-state index in [2.05, 4.69) is 9.46 Å². The molecule has 1 N–H and O–H groups in total. The van der Waals surface area contributed by atoms with Crippen LogP contribution >= 0.6 is 0 Å². The second kappa shape index (κ2) is 10.2. The third-order valence-corrected chi connectivity index (χ3v) is 8.62. The predicted octanol–water partition coefficient (Wildman–Crippen LogP) is 6.16. The fraction of sp³-hybridized carbons (Fsp3) is 0.333. The number of hydrogen-bond acceptors (Lipinski definition) is 3. The first kappa shape index (κ1) is 26.4. The standard InChI is InChI=1S/C27H25F5N2O3S/c28-20-5-11-24-17(14-20)3-4-18-15-21(29)6-12-25(18)26(24)19-2-1-13-34(16-19)38(35,36)33-22-7-9-23(10-8-22)37-27(30,31)32/h5-12,14-15,19,26,33H,1-4,13,16H2. The molecule has 1 aliphatic carbocycles. The number of aryl methyl sites for hydroxylation is 2. The quantitative estimate of drug-likeness (QED) is 0.386. The average molecular weight is 553 g/mol. The molecule has 1 atom stereocenters. The highest BCUT2D eigenvalue weighted by atomic mass is 32.2. The van der Waals surface area contributed by atoms with Crippen molar-refractivity contribution in [1.82, 2.24) is 4.31 Å². The van der Waals surface area contributed by atoms with Crippen LogP contribution in [0.25, 0.3) is 0 Å². The molecule has 0 aromatic heterocycles. The second-order valence-corrected chi connectivity index (χ2v) is 11.3. The highest BCUT2D eigenvalue weighted by molar-refractivity contribution is 7.90. The summed E-state index contributed by atoms with van der Waals surface area (Å²) >= 11 is 0. The van der Waals surface area contributed by atoms with Crippen molar-refractivity contribution >= 4 is 15.9 Å². The number of halogens is 5. The number of ether oxygens (including phenoxy) is 1. The first-order valence-corrected chi connectivity index (χ1v) is 13.6. The number of nitrogens with one attached hydrogen (secondary N) is 1. The monoisotopic (exact) mass is 552 g/mol. The van der Waals surface area contributed by atoms with Gasteiger partial charge in [-0.2, -0.15) is 12.7 Å². The molecule has 2 aliphatic rings. The van der Waals surface area contributed by atoms with Crippen LogP contribution in [-0.2, 0) is 23.1 Å². The lowest BCUT2D eigenvalue weighted by Crippen LogP contribution is -2.44. The van der Waals surface area contributed by atoms with Crippen molar-refractivity contribution in [3.05, 3.63) is 94.6 Å². The summed E-state index contributed by atoms with van der Waals surface area (Å²) in [4.78, 5) is 0. The van der Waals surface area contributed by atoms with E-state index in [9.17, 15) is 30.4 Å². The molecule has 0 bridgehead atoms. The normalized spacial score (nSPS) is 18.8. The first-order valence-electron chi connectivity index (χ1n) is 12.2. The van der Waals surface area contributed by atoms with Crippen molar-refractivity contribution in [3.63, 3.8) is 0 Å². The Morgan fingerprint density at radius 1 is 0.868 bits per heavy atom. The van der Waals surface area contributed by atoms with Crippen molar-refractivity contribution in [3.8, 4) is 5.75 Å². The van der Waals surface area contributed by atoms with E-state index >= 15 is 0 Å². The van der Waals surface area contributed by atoms with E-state index in [0.29, 0.717) is 25.7 Å². The molecule has 1 aliphatic heterocycles. The summed E-state index contributed by atoms with van der Waals surface area (Å²) in [5, 5.41) is 0. The average Bonchev–Trinajstić information content (AvgIpc) is 3.00. The highest BCUT2D eigenvalue weighted by Gasteiger charge is 2.37. The zero-order chi connectivity index (χ0) is 27.1. The van der Waals surface area contributed by atoms with Gasteiger partial charge in [-0.15, -0.1) is 13.2 Å². The van der Waals surface area contributed by atoms with Crippen molar-refractivity contribution in [2.24, 2.45) is 5.92 Å². The number of nitrogens with zero attached hydrogens (tertiary/aromatic N) is 1. The SMILES string of the molecule is O=S(=O)(Nc1ccc(OC(F)(F)F)cc1)N1CCCC(C2c3ccc(F)cc3CCc3cc(F)ccc32)C1. The van der Waals surface area contributed by atoms with Crippen LogP contribution in [0.1, 0.15) is 41.0 Å². The fourth-order valence-corrected chi connectivity index (χ4v) is 6.86. The molecule has 1 heterocycles. The van der Waals surface area contributed by atoms with Gasteiger partial charge in [0, 0.05) is 19.0 Å². The van der Waals surface area contributed by atoms with E-state index in [-0.39, 0.29) is 42.2 Å². The Bertz CT molecular complexity index is 1370. The van der Waals surface area contributed by atoms with Crippen LogP contribution < -0.4 is 9.46 Å². The number of benzene rings is 3. The third kappa shape index (κ3) is 5.78. The molecule has 38 heavy (non-hydrogen) atoms. The lowest BCUT2D eigenvalue weighted by molar-refractivity contribution is -0.274. The van der Waals surface area contributed by atoms with Gasteiger partial charge >= 0.3 is 16.6 Å². The number of piperidine rings is 1. The minimum atomic E-state index is -4.85. The first-order chi connectivity index (χ1) is 18.0. The van der Waals surface area contributed by atoms with Gasteiger partial charge in [-0.05, 0) is 102 Å². The Hall–Kier alpha value is -3.18. The summed E-state index contributed by atoms with van der Waals surface area (Å²) in [6, 6.07) is 13.7. The van der Waals surface area contributed by atoms with E-state index in [4.69, 9.17) is 0 Å². The van der Waals surface area contributed by atoms with Gasteiger partial charge < -0.3 is 4.74 Å². The van der Waals surface area contributed by atoms with Gasteiger partial charge in [0.05, 0.1) is 5.69 Å². The summed E-state index contributed by atoms with van der Waals surface area (Å²) in [6.07, 6.45) is -2.47. The Balaban J connectivity index is 1.41. The van der Waals surface area contributed by atoms with Crippen LogP contribution in [0, 0.1) is 17.6 Å². The Morgan fingerprint density at radius 2 is 1.45 bits per heavy atom. The fourth-order valence-electron chi connectivity index (χ4n) is 5.54. The maximum atomic E-state index is 14.1. The molecule has 11 heteroatoms. The molecule has 0 radical (unpaired) electrons. The van der Waals surface area contributed by atoms with E-state index < -0.39 is 22.3 Å². The Kier molecular flexibility index (Phi) is 7.08. The summed E-state index contributed by atoms with van der Waals surface area (Å²) in [5.74, 6) is -1.58. The zero-order valence-corrected chi connectivity index (χ0v) is 21.0. The van der Waals surface area contributed by atoms with Gasteiger partial charge in [0.25, 0.3) is 0 Å². The van der Waals surface area contributed by atoms with Crippen LogP contribution in [0.2, 0.25) is 0 Å². The highest BCUT2D eigenvalue weighted by Crippen LogP contribution is 2.43. The van der Waals surface area contributed by atoms with Crippen molar-refractivity contribution < 1.29 is 35.1 Å². The van der Waals surface area contributed by atoms with Crippen molar-refractivity contribution in [1.29, 1.82) is 0 Å². The summed E-state index contributed by atoms with van der Waals surface area (Å²) < 4.78 is 99.5. The molecule has 5 nitrogen and oxygen atoms in total. The Labute approximate surface area is 217 Å². The largest absolute Gasteiger partial charge is 0.573 e. The molecule has 0 spiro atoms. The van der Waals surface area contributed by atoms with E-state index in [0.717, 1.165) is 34.4 Å². The maximum Gasteiger partial charge on any atom is 0.573 e. The zero-order valence-electron chi connectivity index (χ0n) is 20.1. The molecule has 0 amide bonds. The second-order valence-electron chi connectivity index (χ2n) is 9.60. The van der Waals surface area contributed by atoms with E-state index in [1.165, 1.54) is 40.7 Å². The molecule has 1 unspecified atom stereocenters. The van der Waals surface area contributed by atoms with E-state index in [1.807, 2.05) is 0 Å². The molecule has 3 aromatic rings. The lowest BCUT2D eigenvalue weighted by Gasteiger charge is -2.37. The van der Waals surface area contributed by atoms with Gasteiger partial charge in [-0.1, -0.05) is 12.1 Å². The van der Waals surface area contributed by atoms with Crippen LogP contribution in [0.5, 0.6) is 5.75 Å². The van der Waals surface area contributed by atoms with Crippen LogP contribution in [0.4, 0.5) is 27.6 Å². The molecule has 1 fully saturated rings. The predicted molar refractivity (Wildman–Crippen MR) is 132 cm³/mol. The third-order valence-electron chi connectivity index (χ3n) is 7.11. The maximum absolute atomic E-state index is 14.1. The summed E-state index contributed by atoms with van der Waals surface area (Å²) in [7, 11) is -4.03. The minimum Gasteiger partial charge on any atom is -0.406 e.